The number of nitrogens with one attached hydrogen (secondary N) is 1. The average molecular weight is 406 g/mol. The summed E-state index contributed by atoms with van der Waals surface area (Å²) in [6, 6.07) is 9.48. The smallest absolute Gasteiger partial charge is 0.222 e. The number of guanidine groups is 1. The van der Waals surface area contributed by atoms with E-state index >= 15 is 0 Å². The molecular formula is C22H26N6O2. The first-order valence-electron chi connectivity index (χ1n) is 9.45. The second-order valence-electron chi connectivity index (χ2n) is 6.70. The van der Waals surface area contributed by atoms with Crippen LogP contribution in [-0.4, -0.2) is 57.7 Å². The molecule has 1 aromatic heterocycles. The normalized spacial score (nSPS) is 15.0. The number of nitrogens with zero attached hydrogens (tertiary/aromatic N) is 5. The first kappa shape index (κ1) is 21.0. The van der Waals surface area contributed by atoms with E-state index in [9.17, 15) is 0 Å². The molecule has 30 heavy (non-hydrogen) atoms. The number of hydrogen-bond acceptors (Lipinski definition) is 6. The predicted octanol–water partition coefficient (Wildman–Crippen LogP) is 3.41. The lowest BCUT2D eigenvalue weighted by Crippen LogP contribution is -2.22. The minimum atomic E-state index is 0.459. The monoisotopic (exact) mass is 406 g/mol. The van der Waals surface area contributed by atoms with Crippen molar-refractivity contribution in [1.82, 2.24) is 4.98 Å². The Bertz CT molecular complexity index is 985. The lowest BCUT2D eigenvalue weighted by molar-refractivity contribution is 0.395. The molecule has 0 radical (unpaired) electrons. The van der Waals surface area contributed by atoms with Crippen LogP contribution in [0.1, 0.15) is 12.0 Å². The minimum absolute atomic E-state index is 0.459. The molecule has 0 atom stereocenters. The number of hydrogen-bond donors (Lipinski definition) is 1. The fraction of sp³-hybridized carbons (Fsp3) is 0.273. The van der Waals surface area contributed by atoms with Gasteiger partial charge in [0, 0.05) is 69.4 Å². The molecule has 0 spiro atoms. The number of aliphatic imine (C=N–C) groups is 3. The molecule has 8 nitrogen and oxygen atoms in total. The Labute approximate surface area is 176 Å². The molecule has 3 rings (SSSR count). The highest BCUT2D eigenvalue weighted by molar-refractivity contribution is 6.50. The third-order valence-electron chi connectivity index (χ3n) is 4.43. The first-order valence-corrected chi connectivity index (χ1v) is 9.45. The third-order valence-corrected chi connectivity index (χ3v) is 4.43. The van der Waals surface area contributed by atoms with Crippen LogP contribution >= 0.6 is 0 Å². The molecule has 0 amide bonds. The van der Waals surface area contributed by atoms with E-state index in [0.717, 1.165) is 28.5 Å². The number of allylic oxidation sites excluding steroid dienone is 1. The summed E-state index contributed by atoms with van der Waals surface area (Å²) in [6.45, 7) is 0. The van der Waals surface area contributed by atoms with Gasteiger partial charge in [0.1, 0.15) is 17.3 Å². The van der Waals surface area contributed by atoms with Crippen molar-refractivity contribution < 1.29 is 9.47 Å². The topological polar surface area (TPSA) is 83.7 Å². The maximum absolute atomic E-state index is 5.33. The highest BCUT2D eigenvalue weighted by Gasteiger charge is 2.15. The van der Waals surface area contributed by atoms with Crippen LogP contribution in [0.15, 0.2) is 63.8 Å². The summed E-state index contributed by atoms with van der Waals surface area (Å²) in [4.78, 5) is 20.0. The molecule has 2 aromatic rings. The van der Waals surface area contributed by atoms with Crippen LogP contribution in [0.5, 0.6) is 11.5 Å². The van der Waals surface area contributed by atoms with Gasteiger partial charge in [0.2, 0.25) is 5.96 Å². The fourth-order valence-corrected chi connectivity index (χ4v) is 2.86. The van der Waals surface area contributed by atoms with E-state index in [1.54, 1.807) is 33.5 Å². The molecular weight excluding hydrogens is 380 g/mol. The number of anilines is 2. The van der Waals surface area contributed by atoms with Crippen molar-refractivity contribution in [2.45, 2.75) is 6.42 Å². The maximum atomic E-state index is 5.33. The van der Waals surface area contributed by atoms with Crippen LogP contribution in [0.2, 0.25) is 0 Å². The van der Waals surface area contributed by atoms with Gasteiger partial charge in [-0.15, -0.1) is 0 Å². The largest absolute Gasteiger partial charge is 0.497 e. The van der Waals surface area contributed by atoms with Crippen molar-refractivity contribution in [3.8, 4) is 11.5 Å². The van der Waals surface area contributed by atoms with Gasteiger partial charge in [-0.1, -0.05) is 6.08 Å². The summed E-state index contributed by atoms with van der Waals surface area (Å²) in [5.41, 5.74) is 3.25. The van der Waals surface area contributed by atoms with Crippen LogP contribution in [-0.2, 0) is 0 Å². The molecule has 0 saturated carbocycles. The van der Waals surface area contributed by atoms with Crippen molar-refractivity contribution in [1.29, 1.82) is 0 Å². The summed E-state index contributed by atoms with van der Waals surface area (Å²) in [6.07, 6.45) is 6.21. The molecule has 0 aliphatic carbocycles. The zero-order chi connectivity index (χ0) is 21.5. The van der Waals surface area contributed by atoms with Gasteiger partial charge in [0.05, 0.1) is 25.6 Å². The highest BCUT2D eigenvalue weighted by atomic mass is 16.5. The van der Waals surface area contributed by atoms with E-state index in [1.807, 2.05) is 55.5 Å². The van der Waals surface area contributed by atoms with Crippen LogP contribution in [0.25, 0.3) is 0 Å². The van der Waals surface area contributed by atoms with Gasteiger partial charge in [-0.25, -0.2) is 9.98 Å². The lowest BCUT2D eigenvalue weighted by atomic mass is 10.0. The Morgan fingerprint density at radius 2 is 1.83 bits per heavy atom. The second kappa shape index (κ2) is 9.69. The Kier molecular flexibility index (Phi) is 6.79. The second-order valence-corrected chi connectivity index (χ2v) is 6.70. The molecule has 156 valence electrons. The number of benzene rings is 1. The Hall–Kier alpha value is -3.68. The van der Waals surface area contributed by atoms with E-state index in [-0.39, 0.29) is 0 Å². The number of pyridine rings is 1. The molecule has 0 unspecified atom stereocenters. The number of ether oxygens (including phenoxy) is 2. The maximum Gasteiger partial charge on any atom is 0.222 e. The van der Waals surface area contributed by atoms with Gasteiger partial charge >= 0.3 is 0 Å². The molecule has 1 aliphatic rings. The van der Waals surface area contributed by atoms with E-state index in [2.05, 4.69) is 20.3 Å². The van der Waals surface area contributed by atoms with Crippen molar-refractivity contribution in [2.75, 3.05) is 45.6 Å². The molecule has 1 N–H and O–H groups in total. The van der Waals surface area contributed by atoms with Crippen LogP contribution < -0.4 is 19.7 Å². The van der Waals surface area contributed by atoms with E-state index in [1.165, 1.54) is 0 Å². The average Bonchev–Trinajstić information content (AvgIpc) is 2.78. The van der Waals surface area contributed by atoms with Gasteiger partial charge < -0.3 is 19.7 Å². The minimum Gasteiger partial charge on any atom is -0.497 e. The van der Waals surface area contributed by atoms with E-state index < -0.39 is 0 Å². The van der Waals surface area contributed by atoms with Crippen molar-refractivity contribution in [3.63, 3.8) is 0 Å². The van der Waals surface area contributed by atoms with Crippen LogP contribution in [0.3, 0.4) is 0 Å². The molecule has 1 aromatic carbocycles. The molecule has 0 fully saturated rings. The zero-order valence-corrected chi connectivity index (χ0v) is 17.9. The van der Waals surface area contributed by atoms with Crippen molar-refractivity contribution in [3.05, 3.63) is 54.4 Å². The third kappa shape index (κ3) is 5.02. The lowest BCUT2D eigenvalue weighted by Gasteiger charge is -2.15. The SMILES string of the molecule is CN=C(N=C1CC=CN=C1c1ccc(N(C)C)nc1)Nc1cc(OC)cc(OC)c1. The van der Waals surface area contributed by atoms with Crippen LogP contribution in [0, 0.1) is 0 Å². The summed E-state index contributed by atoms with van der Waals surface area (Å²) >= 11 is 0. The summed E-state index contributed by atoms with van der Waals surface area (Å²) in [5.74, 6) is 2.69. The Morgan fingerprint density at radius 3 is 2.40 bits per heavy atom. The summed E-state index contributed by atoms with van der Waals surface area (Å²) in [5, 5.41) is 3.22. The van der Waals surface area contributed by atoms with Gasteiger partial charge in [-0.3, -0.25) is 9.98 Å². The number of rotatable bonds is 5. The fourth-order valence-electron chi connectivity index (χ4n) is 2.86. The first-order chi connectivity index (χ1) is 14.5. The van der Waals surface area contributed by atoms with Gasteiger partial charge in [0.25, 0.3) is 0 Å². The van der Waals surface area contributed by atoms with Gasteiger partial charge in [-0.2, -0.15) is 0 Å². The Morgan fingerprint density at radius 1 is 1.10 bits per heavy atom. The van der Waals surface area contributed by atoms with E-state index in [0.29, 0.717) is 23.9 Å². The number of aromatic nitrogens is 1. The van der Waals surface area contributed by atoms with Crippen molar-refractivity contribution in [2.24, 2.45) is 15.0 Å². The standard InChI is InChI=1S/C22H26N6O2/c1-23-22(26-16-11-17(29-4)13-18(12-16)30-5)27-19-7-6-10-24-21(19)15-8-9-20(25-14-15)28(2)3/h6,8-14H,7H2,1-5H3,(H,23,26). The van der Waals surface area contributed by atoms with Gasteiger partial charge in [-0.05, 0) is 12.1 Å². The van der Waals surface area contributed by atoms with Crippen molar-refractivity contribution >= 4 is 28.9 Å². The zero-order valence-electron chi connectivity index (χ0n) is 17.9. The van der Waals surface area contributed by atoms with Crippen LogP contribution in [0.4, 0.5) is 11.5 Å². The molecule has 0 bridgehead atoms. The predicted molar refractivity (Wildman–Crippen MR) is 123 cm³/mol. The summed E-state index contributed by atoms with van der Waals surface area (Å²) in [7, 11) is 8.82. The number of methoxy groups -OCH3 is 2. The molecule has 2 heterocycles. The summed E-state index contributed by atoms with van der Waals surface area (Å²) < 4.78 is 10.7. The van der Waals surface area contributed by atoms with Gasteiger partial charge in [0.15, 0.2) is 0 Å². The molecule has 0 saturated heterocycles. The Balaban J connectivity index is 1.87. The molecule has 1 aliphatic heterocycles. The van der Waals surface area contributed by atoms with E-state index in [4.69, 9.17) is 14.5 Å². The highest BCUT2D eigenvalue weighted by Crippen LogP contribution is 2.26. The molecule has 8 heteroatoms. The quantitative estimate of drug-likeness (QED) is 0.608.